The molecule has 1 aromatic heterocycles. The predicted molar refractivity (Wildman–Crippen MR) is 146 cm³/mol. The third-order valence-corrected chi connectivity index (χ3v) is 8.07. The van der Waals surface area contributed by atoms with Gasteiger partial charge in [-0.2, -0.15) is 4.99 Å². The summed E-state index contributed by atoms with van der Waals surface area (Å²) in [4.78, 5) is 41.8. The van der Waals surface area contributed by atoms with Crippen LogP contribution < -0.4 is 9.52 Å². The quantitative estimate of drug-likeness (QED) is 0.305. The number of benzene rings is 3. The Bertz CT molecular complexity index is 1740. The number of rotatable bonds is 8. The van der Waals surface area contributed by atoms with Crippen molar-refractivity contribution in [3.05, 3.63) is 87.7 Å². The Hall–Kier alpha value is -4.00. The minimum absolute atomic E-state index is 0.00456. The number of aromatic nitrogens is 1. The number of nitrogens with zero attached hydrogens (tertiary/aromatic N) is 2. The van der Waals surface area contributed by atoms with Crippen LogP contribution in [0.4, 0.5) is 5.69 Å². The molecule has 1 N–H and O–H groups in total. The number of amides is 1. The van der Waals surface area contributed by atoms with Gasteiger partial charge in [-0.3, -0.25) is 14.3 Å². The fourth-order valence-electron chi connectivity index (χ4n) is 3.59. The van der Waals surface area contributed by atoms with Crippen molar-refractivity contribution in [1.82, 2.24) is 4.57 Å². The van der Waals surface area contributed by atoms with Crippen molar-refractivity contribution in [3.8, 4) is 0 Å². The Labute approximate surface area is 232 Å². The normalized spacial score (nSPS) is 11.8. The number of hydrogen-bond donors (Lipinski definition) is 1. The van der Waals surface area contributed by atoms with E-state index in [1.54, 1.807) is 25.1 Å². The molecule has 1 amide bonds. The van der Waals surface area contributed by atoms with Crippen molar-refractivity contribution in [3.63, 3.8) is 0 Å². The SMILES string of the molecule is CCOC(=O)Cn1c(=NC(=O)c2cccc(NS(=O)(=O)c3ccc(Cl)cc3)c2)sc2cc(C(=O)OC)ccc21. The van der Waals surface area contributed by atoms with Crippen LogP contribution in [-0.2, 0) is 30.8 Å². The molecule has 1 heterocycles. The molecule has 0 saturated carbocycles. The van der Waals surface area contributed by atoms with E-state index in [0.717, 1.165) is 11.3 Å². The number of carbonyl (C=O) groups is 3. The zero-order chi connectivity index (χ0) is 28.2. The first kappa shape index (κ1) is 28.0. The molecule has 39 heavy (non-hydrogen) atoms. The van der Waals surface area contributed by atoms with E-state index in [1.165, 1.54) is 60.2 Å². The fraction of sp³-hybridized carbons (Fsp3) is 0.154. The van der Waals surface area contributed by atoms with E-state index in [0.29, 0.717) is 20.8 Å². The molecule has 202 valence electrons. The molecule has 0 unspecified atom stereocenters. The number of ether oxygens (including phenoxy) is 2. The van der Waals surface area contributed by atoms with E-state index in [1.807, 2.05) is 0 Å². The number of halogens is 1. The van der Waals surface area contributed by atoms with E-state index in [-0.39, 0.29) is 34.1 Å². The van der Waals surface area contributed by atoms with Crippen LogP contribution >= 0.6 is 22.9 Å². The summed E-state index contributed by atoms with van der Waals surface area (Å²) in [6.45, 7) is 1.65. The minimum Gasteiger partial charge on any atom is -0.465 e. The molecule has 0 atom stereocenters. The van der Waals surface area contributed by atoms with Gasteiger partial charge in [0, 0.05) is 16.3 Å². The summed E-state index contributed by atoms with van der Waals surface area (Å²) in [6.07, 6.45) is 0. The highest BCUT2D eigenvalue weighted by Crippen LogP contribution is 2.22. The summed E-state index contributed by atoms with van der Waals surface area (Å²) in [5.74, 6) is -1.73. The van der Waals surface area contributed by atoms with Crippen LogP contribution in [0.15, 0.2) is 76.6 Å². The Balaban J connectivity index is 1.70. The maximum absolute atomic E-state index is 13.1. The number of anilines is 1. The van der Waals surface area contributed by atoms with Crippen LogP contribution in [0, 0.1) is 0 Å². The van der Waals surface area contributed by atoms with Gasteiger partial charge in [0.15, 0.2) is 4.80 Å². The van der Waals surface area contributed by atoms with Gasteiger partial charge >= 0.3 is 11.9 Å². The first-order valence-electron chi connectivity index (χ1n) is 11.5. The van der Waals surface area contributed by atoms with Gasteiger partial charge in [0.25, 0.3) is 15.9 Å². The smallest absolute Gasteiger partial charge is 0.337 e. The van der Waals surface area contributed by atoms with Gasteiger partial charge in [-0.25, -0.2) is 13.2 Å². The van der Waals surface area contributed by atoms with Crippen LogP contribution in [0.25, 0.3) is 10.2 Å². The van der Waals surface area contributed by atoms with Crippen molar-refractivity contribution in [2.75, 3.05) is 18.4 Å². The van der Waals surface area contributed by atoms with Gasteiger partial charge in [-0.05, 0) is 67.6 Å². The van der Waals surface area contributed by atoms with E-state index >= 15 is 0 Å². The van der Waals surface area contributed by atoms with Crippen LogP contribution in [0.5, 0.6) is 0 Å². The molecular weight excluding hydrogens is 566 g/mol. The molecule has 3 aromatic carbocycles. The van der Waals surface area contributed by atoms with E-state index < -0.39 is 27.9 Å². The average molecular weight is 588 g/mol. The monoisotopic (exact) mass is 587 g/mol. The minimum atomic E-state index is -3.93. The summed E-state index contributed by atoms with van der Waals surface area (Å²) in [6, 6.07) is 16.3. The fourth-order valence-corrected chi connectivity index (χ4v) is 5.83. The van der Waals surface area contributed by atoms with Crippen molar-refractivity contribution in [1.29, 1.82) is 0 Å². The number of esters is 2. The van der Waals surface area contributed by atoms with Crippen molar-refractivity contribution >= 4 is 66.7 Å². The van der Waals surface area contributed by atoms with Gasteiger partial charge in [-0.15, -0.1) is 0 Å². The summed E-state index contributed by atoms with van der Waals surface area (Å²) in [7, 11) is -2.66. The standard InChI is InChI=1S/C26H22ClN3O7S2/c1-3-37-23(31)15-30-21-12-7-17(25(33)36-2)14-22(21)38-26(30)28-24(32)16-5-4-6-19(13-16)29-39(34,35)20-10-8-18(27)9-11-20/h4-14,29H,3,15H2,1-2H3. The van der Waals surface area contributed by atoms with E-state index in [4.69, 9.17) is 21.1 Å². The number of carbonyl (C=O) groups excluding carboxylic acids is 3. The molecule has 0 spiro atoms. The Kier molecular flexibility index (Phi) is 8.48. The first-order chi connectivity index (χ1) is 18.6. The van der Waals surface area contributed by atoms with E-state index in [2.05, 4.69) is 9.71 Å². The molecule has 0 saturated heterocycles. The first-order valence-corrected chi connectivity index (χ1v) is 14.1. The van der Waals surface area contributed by atoms with Crippen LogP contribution in [0.2, 0.25) is 5.02 Å². The van der Waals surface area contributed by atoms with Gasteiger partial charge in [0.05, 0.1) is 34.4 Å². The highest BCUT2D eigenvalue weighted by atomic mass is 35.5. The Morgan fingerprint density at radius 3 is 2.46 bits per heavy atom. The molecule has 0 fully saturated rings. The number of nitrogens with one attached hydrogen (secondary N) is 1. The molecule has 0 aliphatic heterocycles. The molecule has 0 aliphatic carbocycles. The number of fused-ring (bicyclic) bond motifs is 1. The topological polar surface area (TPSA) is 133 Å². The third kappa shape index (κ3) is 6.53. The third-order valence-electron chi connectivity index (χ3n) is 5.38. The lowest BCUT2D eigenvalue weighted by atomic mass is 10.2. The summed E-state index contributed by atoms with van der Waals surface area (Å²) >= 11 is 6.94. The average Bonchev–Trinajstić information content (AvgIpc) is 3.24. The largest absolute Gasteiger partial charge is 0.465 e. The Morgan fingerprint density at radius 1 is 1.03 bits per heavy atom. The van der Waals surface area contributed by atoms with Crippen molar-refractivity contribution in [2.24, 2.45) is 4.99 Å². The summed E-state index contributed by atoms with van der Waals surface area (Å²) in [5, 5.41) is 0.395. The second kappa shape index (κ2) is 11.8. The lowest BCUT2D eigenvalue weighted by Crippen LogP contribution is -2.23. The lowest BCUT2D eigenvalue weighted by Gasteiger charge is -2.09. The predicted octanol–water partition coefficient (Wildman–Crippen LogP) is 4.25. The zero-order valence-electron chi connectivity index (χ0n) is 20.7. The van der Waals surface area contributed by atoms with Gasteiger partial charge < -0.3 is 14.0 Å². The Morgan fingerprint density at radius 2 is 1.77 bits per heavy atom. The number of thiazole rings is 1. The molecular formula is C26H22ClN3O7S2. The molecule has 4 aromatic rings. The summed E-state index contributed by atoms with van der Waals surface area (Å²) < 4.78 is 39.9. The van der Waals surface area contributed by atoms with Crippen LogP contribution in [0.1, 0.15) is 27.6 Å². The zero-order valence-corrected chi connectivity index (χ0v) is 23.1. The maximum Gasteiger partial charge on any atom is 0.337 e. The molecule has 0 aliphatic rings. The van der Waals surface area contributed by atoms with Crippen molar-refractivity contribution in [2.45, 2.75) is 18.4 Å². The molecule has 0 radical (unpaired) electrons. The van der Waals surface area contributed by atoms with Crippen molar-refractivity contribution < 1.29 is 32.3 Å². The number of methoxy groups -OCH3 is 1. The molecule has 4 rings (SSSR count). The highest BCUT2D eigenvalue weighted by Gasteiger charge is 2.17. The maximum atomic E-state index is 13.1. The van der Waals surface area contributed by atoms with E-state index in [9.17, 15) is 22.8 Å². The number of sulfonamides is 1. The second-order valence-electron chi connectivity index (χ2n) is 8.01. The van der Waals surface area contributed by atoms with Gasteiger partial charge in [-0.1, -0.05) is 29.0 Å². The van der Waals surface area contributed by atoms with Crippen LogP contribution in [-0.4, -0.2) is 44.5 Å². The molecule has 0 bridgehead atoms. The van der Waals surface area contributed by atoms with Gasteiger partial charge in [0.1, 0.15) is 6.54 Å². The molecule has 10 nitrogen and oxygen atoms in total. The number of hydrogen-bond acceptors (Lipinski definition) is 8. The lowest BCUT2D eigenvalue weighted by molar-refractivity contribution is -0.143. The second-order valence-corrected chi connectivity index (χ2v) is 11.1. The van der Waals surface area contributed by atoms with Crippen LogP contribution in [0.3, 0.4) is 0 Å². The van der Waals surface area contributed by atoms with Gasteiger partial charge in [0.2, 0.25) is 0 Å². The summed E-state index contributed by atoms with van der Waals surface area (Å²) in [5.41, 5.74) is 1.14. The molecule has 13 heteroatoms. The highest BCUT2D eigenvalue weighted by molar-refractivity contribution is 7.92.